The summed E-state index contributed by atoms with van der Waals surface area (Å²) in [6.07, 6.45) is 1.28. The number of thiophene rings is 1. The molecule has 3 saturated heterocycles. The van der Waals surface area contributed by atoms with Crippen LogP contribution in [0, 0.1) is 5.82 Å². The Hall–Kier alpha value is -5.96. The molecule has 0 radical (unpaired) electrons. The highest BCUT2D eigenvalue weighted by atomic mass is 32.1. The number of carbonyl (C=O) groups is 5. The zero-order chi connectivity index (χ0) is 40.8. The Balaban J connectivity index is 0.744. The van der Waals surface area contributed by atoms with Gasteiger partial charge in [-0.3, -0.25) is 44.0 Å². The van der Waals surface area contributed by atoms with Gasteiger partial charge in [-0.1, -0.05) is 12.1 Å². The third-order valence-corrected chi connectivity index (χ3v) is 13.2. The van der Waals surface area contributed by atoms with E-state index in [9.17, 15) is 33.5 Å². The van der Waals surface area contributed by atoms with Crippen molar-refractivity contribution in [2.75, 3.05) is 75.2 Å². The summed E-state index contributed by atoms with van der Waals surface area (Å²) in [5.41, 5.74) is 4.42. The first-order chi connectivity index (χ1) is 28.6. The summed E-state index contributed by atoms with van der Waals surface area (Å²) in [6, 6.07) is 23.3. The molecule has 0 aliphatic carbocycles. The number of hydrogen-bond acceptors (Lipinski definition) is 11. The van der Waals surface area contributed by atoms with E-state index in [1.165, 1.54) is 23.5 Å². The molecule has 0 spiro atoms. The van der Waals surface area contributed by atoms with Gasteiger partial charge in [0.05, 0.1) is 11.1 Å². The van der Waals surface area contributed by atoms with Crippen LogP contribution in [0.4, 0.5) is 15.8 Å². The molecule has 1 unspecified atom stereocenters. The van der Waals surface area contributed by atoms with E-state index in [1.807, 2.05) is 30.3 Å². The molecule has 1 aromatic heterocycles. The largest absolute Gasteiger partial charge is 0.508 e. The van der Waals surface area contributed by atoms with E-state index in [1.54, 1.807) is 42.5 Å². The number of piperazine rings is 2. The minimum atomic E-state index is -0.976. The Morgan fingerprint density at radius 1 is 0.729 bits per heavy atom. The van der Waals surface area contributed by atoms with Crippen LogP contribution in [-0.4, -0.2) is 121 Å². The van der Waals surface area contributed by atoms with Gasteiger partial charge in [0.25, 0.3) is 11.8 Å². The molecule has 14 heteroatoms. The Bertz CT molecular complexity index is 2470. The van der Waals surface area contributed by atoms with Crippen LogP contribution < -0.4 is 15.1 Å². The van der Waals surface area contributed by atoms with Gasteiger partial charge in [0.15, 0.2) is 5.78 Å². The van der Waals surface area contributed by atoms with E-state index >= 15 is 0 Å². The number of anilines is 2. The number of amides is 4. The molecular weight excluding hydrogens is 772 g/mol. The summed E-state index contributed by atoms with van der Waals surface area (Å²) >= 11 is 1.41. The highest BCUT2D eigenvalue weighted by molar-refractivity contribution is 7.22. The first kappa shape index (κ1) is 38.6. The standard InChI is InChI=1S/C45H43FN6O6S/c46-30-6-2-29(3-7-30)42-40(35-13-11-33(53)27-38(35)59-42)41(55)28-4-8-31(9-5-28)50-22-18-48(19-23-50)16-1-17-49-20-24-51(25-21-49)32-10-12-34-36(26-32)45(58)52(44(34)57)37-14-15-39(54)47-43(37)56/h2-13,26-27,37,53H,1,14-25H2,(H,47,54,56). The van der Waals surface area contributed by atoms with Crippen molar-refractivity contribution in [2.45, 2.75) is 25.3 Å². The summed E-state index contributed by atoms with van der Waals surface area (Å²) < 4.78 is 14.5. The number of benzene rings is 4. The van der Waals surface area contributed by atoms with Crippen LogP contribution in [0.1, 0.15) is 55.9 Å². The molecule has 4 aliphatic heterocycles. The molecule has 12 nitrogen and oxygen atoms in total. The molecule has 0 saturated carbocycles. The number of halogens is 1. The summed E-state index contributed by atoms with van der Waals surface area (Å²) in [6.45, 7) is 9.04. The number of hydrogen-bond donors (Lipinski definition) is 2. The number of piperidine rings is 1. The fourth-order valence-electron chi connectivity index (χ4n) is 8.72. The van der Waals surface area contributed by atoms with Crippen molar-refractivity contribution >= 4 is 62.2 Å². The van der Waals surface area contributed by atoms with E-state index in [0.717, 1.165) is 109 Å². The molecule has 5 heterocycles. The molecule has 302 valence electrons. The molecule has 0 bridgehead atoms. The number of nitrogens with one attached hydrogen (secondary N) is 1. The van der Waals surface area contributed by atoms with Crippen molar-refractivity contribution < 1.29 is 33.5 Å². The van der Waals surface area contributed by atoms with Gasteiger partial charge in [-0.25, -0.2) is 4.39 Å². The molecule has 4 aliphatic rings. The third-order valence-electron chi connectivity index (χ3n) is 12.0. The fraction of sp³-hybridized carbons (Fsp3) is 0.311. The number of aromatic hydroxyl groups is 1. The quantitative estimate of drug-likeness (QED) is 0.140. The number of phenols is 1. The van der Waals surface area contributed by atoms with E-state index in [2.05, 4.69) is 24.9 Å². The van der Waals surface area contributed by atoms with Crippen LogP contribution in [0.15, 0.2) is 84.9 Å². The number of phenolic OH excluding ortho intramolecular Hbond substituents is 1. The highest BCUT2D eigenvalue weighted by Crippen LogP contribution is 2.41. The SMILES string of the molecule is O=C1CCC(N2C(=O)c3ccc(N4CCN(CCCN5CCN(c6ccc(C(=O)c7c(-c8ccc(F)cc8)sc8cc(O)ccc78)cc6)CC5)CC4)cc3C2=O)C(=O)N1. The summed E-state index contributed by atoms with van der Waals surface area (Å²) in [5.74, 6) is -2.32. The first-order valence-electron chi connectivity index (χ1n) is 20.1. The molecule has 4 aromatic carbocycles. The van der Waals surface area contributed by atoms with Gasteiger partial charge in [0.2, 0.25) is 11.8 Å². The van der Waals surface area contributed by atoms with Gasteiger partial charge in [0, 0.05) is 96.2 Å². The molecule has 3 fully saturated rings. The van der Waals surface area contributed by atoms with Gasteiger partial charge in [0.1, 0.15) is 17.6 Å². The average molecular weight is 815 g/mol. The Kier molecular flexibility index (Phi) is 10.5. The molecule has 59 heavy (non-hydrogen) atoms. The topological polar surface area (TPSA) is 134 Å². The molecular formula is C45H43FN6O6S. The summed E-state index contributed by atoms with van der Waals surface area (Å²) in [4.78, 5) is 75.8. The monoisotopic (exact) mass is 814 g/mol. The molecule has 9 rings (SSSR count). The fourth-order valence-corrected chi connectivity index (χ4v) is 9.95. The maximum absolute atomic E-state index is 14.0. The van der Waals surface area contributed by atoms with Gasteiger partial charge in [-0.15, -0.1) is 11.3 Å². The second kappa shape index (κ2) is 16.0. The van der Waals surface area contributed by atoms with Crippen LogP contribution in [0.5, 0.6) is 5.75 Å². The molecule has 2 N–H and O–H groups in total. The minimum Gasteiger partial charge on any atom is -0.508 e. The van der Waals surface area contributed by atoms with Crippen LogP contribution >= 0.6 is 11.3 Å². The van der Waals surface area contributed by atoms with Crippen LogP contribution in [0.3, 0.4) is 0 Å². The normalized spacial score (nSPS) is 19.1. The zero-order valence-corrected chi connectivity index (χ0v) is 33.2. The number of nitrogens with zero attached hydrogens (tertiary/aromatic N) is 5. The lowest BCUT2D eigenvalue weighted by atomic mass is 9.97. The predicted molar refractivity (Wildman–Crippen MR) is 224 cm³/mol. The van der Waals surface area contributed by atoms with Crippen LogP contribution in [-0.2, 0) is 9.59 Å². The number of imide groups is 2. The lowest BCUT2D eigenvalue weighted by Crippen LogP contribution is -2.54. The third kappa shape index (κ3) is 7.59. The average Bonchev–Trinajstić information content (AvgIpc) is 3.74. The van der Waals surface area contributed by atoms with Gasteiger partial charge >= 0.3 is 0 Å². The first-order valence-corrected chi connectivity index (χ1v) is 20.9. The van der Waals surface area contributed by atoms with Crippen LogP contribution in [0.25, 0.3) is 20.5 Å². The van der Waals surface area contributed by atoms with E-state index in [-0.39, 0.29) is 30.2 Å². The molecule has 4 amide bonds. The lowest BCUT2D eigenvalue weighted by Gasteiger charge is -2.38. The van der Waals surface area contributed by atoms with Gasteiger partial charge in [-0.2, -0.15) is 0 Å². The van der Waals surface area contributed by atoms with Crippen molar-refractivity contribution in [3.8, 4) is 16.2 Å². The number of rotatable bonds is 10. The van der Waals surface area contributed by atoms with Gasteiger partial charge in [-0.05, 0) is 104 Å². The van der Waals surface area contributed by atoms with Crippen LogP contribution in [0.2, 0.25) is 0 Å². The Morgan fingerprint density at radius 3 is 2.02 bits per heavy atom. The zero-order valence-electron chi connectivity index (χ0n) is 32.4. The number of carbonyl (C=O) groups excluding carboxylic acids is 5. The van der Waals surface area contributed by atoms with Crippen molar-refractivity contribution in [1.82, 2.24) is 20.0 Å². The summed E-state index contributed by atoms with van der Waals surface area (Å²) in [5, 5.41) is 13.1. The summed E-state index contributed by atoms with van der Waals surface area (Å²) in [7, 11) is 0. The predicted octanol–water partition coefficient (Wildman–Crippen LogP) is 5.38. The lowest BCUT2D eigenvalue weighted by molar-refractivity contribution is -0.136. The van der Waals surface area contributed by atoms with Crippen molar-refractivity contribution in [3.05, 3.63) is 113 Å². The van der Waals surface area contributed by atoms with E-state index in [0.29, 0.717) is 22.3 Å². The molecule has 5 aromatic rings. The number of ketones is 1. The number of fused-ring (bicyclic) bond motifs is 2. The van der Waals surface area contributed by atoms with E-state index < -0.39 is 29.7 Å². The molecule has 1 atom stereocenters. The maximum Gasteiger partial charge on any atom is 0.262 e. The Morgan fingerprint density at radius 2 is 1.36 bits per heavy atom. The second-order valence-corrected chi connectivity index (χ2v) is 16.6. The minimum absolute atomic E-state index is 0.0886. The Labute approximate surface area is 344 Å². The van der Waals surface area contributed by atoms with Crippen molar-refractivity contribution in [1.29, 1.82) is 0 Å². The smallest absolute Gasteiger partial charge is 0.262 e. The highest BCUT2D eigenvalue weighted by Gasteiger charge is 2.45. The van der Waals surface area contributed by atoms with Gasteiger partial charge < -0.3 is 14.9 Å². The van der Waals surface area contributed by atoms with E-state index in [4.69, 9.17) is 0 Å². The maximum atomic E-state index is 14.0. The second-order valence-electron chi connectivity index (χ2n) is 15.6. The van der Waals surface area contributed by atoms with Crippen molar-refractivity contribution in [3.63, 3.8) is 0 Å². The van der Waals surface area contributed by atoms with Crippen molar-refractivity contribution in [2.24, 2.45) is 0 Å².